The highest BCUT2D eigenvalue weighted by atomic mass is 16.6. The molecule has 172 valence electrons. The van der Waals surface area contributed by atoms with E-state index in [1.807, 2.05) is 13.0 Å². The molecule has 0 unspecified atom stereocenters. The van der Waals surface area contributed by atoms with Gasteiger partial charge in [0.25, 0.3) is 5.69 Å². The fourth-order valence-electron chi connectivity index (χ4n) is 4.76. The standard InChI is InChI=1S/C26H27NO6/c1-26(15-14-17-4-3-5-19-16-21(32-2)10-11-22(17)19)23(28)12-13-24(26)33-25(29)18-6-8-20(9-7-18)27(30)31/h6-11,14,16,24H,3-5,12-13,15H2,1-2H3/b17-14+/t24-,26+/m0/s1. The minimum absolute atomic E-state index is 0.0895. The molecular formula is C26H27NO6. The molecule has 0 N–H and O–H groups in total. The number of methoxy groups -OCH3 is 1. The maximum Gasteiger partial charge on any atom is 0.338 e. The molecule has 7 heteroatoms. The third kappa shape index (κ3) is 4.53. The molecule has 0 saturated heterocycles. The number of benzene rings is 2. The van der Waals surface area contributed by atoms with Gasteiger partial charge in [0, 0.05) is 18.6 Å². The number of carbonyl (C=O) groups is 2. The average Bonchev–Trinajstić information content (AvgIpc) is 3.10. The lowest BCUT2D eigenvalue weighted by Crippen LogP contribution is -2.36. The number of non-ortho nitro benzene ring substituents is 1. The number of aryl methyl sites for hydroxylation is 1. The molecule has 0 aromatic heterocycles. The molecule has 33 heavy (non-hydrogen) atoms. The Balaban J connectivity index is 1.51. The van der Waals surface area contributed by atoms with Crippen molar-refractivity contribution in [2.24, 2.45) is 5.41 Å². The predicted molar refractivity (Wildman–Crippen MR) is 123 cm³/mol. The van der Waals surface area contributed by atoms with Gasteiger partial charge in [-0.05, 0) is 80.0 Å². The fourth-order valence-corrected chi connectivity index (χ4v) is 4.76. The quantitative estimate of drug-likeness (QED) is 0.337. The van der Waals surface area contributed by atoms with Gasteiger partial charge in [0.05, 0.1) is 23.0 Å². The number of Topliss-reactive ketones (excluding diaryl/α,β-unsaturated/α-hetero) is 1. The molecule has 0 spiro atoms. The molecular weight excluding hydrogens is 422 g/mol. The van der Waals surface area contributed by atoms with E-state index < -0.39 is 22.4 Å². The topological polar surface area (TPSA) is 95.7 Å². The Labute approximate surface area is 192 Å². The number of hydrogen-bond acceptors (Lipinski definition) is 6. The second-order valence-corrected chi connectivity index (χ2v) is 8.89. The van der Waals surface area contributed by atoms with Crippen molar-refractivity contribution in [3.8, 4) is 5.75 Å². The number of carbonyl (C=O) groups excluding carboxylic acids is 2. The number of nitrogens with zero attached hydrogens (tertiary/aromatic N) is 1. The summed E-state index contributed by atoms with van der Waals surface area (Å²) >= 11 is 0. The smallest absolute Gasteiger partial charge is 0.338 e. The number of nitro groups is 1. The van der Waals surface area contributed by atoms with E-state index in [0.29, 0.717) is 19.3 Å². The number of ether oxygens (including phenoxy) is 2. The summed E-state index contributed by atoms with van der Waals surface area (Å²) in [7, 11) is 1.66. The van der Waals surface area contributed by atoms with E-state index >= 15 is 0 Å². The summed E-state index contributed by atoms with van der Waals surface area (Å²) in [5, 5.41) is 10.8. The molecule has 0 heterocycles. The summed E-state index contributed by atoms with van der Waals surface area (Å²) in [6.45, 7) is 1.87. The Bertz CT molecular complexity index is 1120. The van der Waals surface area contributed by atoms with E-state index in [0.717, 1.165) is 25.0 Å². The first-order valence-electron chi connectivity index (χ1n) is 11.2. The van der Waals surface area contributed by atoms with Crippen LogP contribution in [-0.4, -0.2) is 29.9 Å². The number of hydrogen-bond donors (Lipinski definition) is 0. The van der Waals surface area contributed by atoms with Crippen molar-refractivity contribution in [2.75, 3.05) is 7.11 Å². The monoisotopic (exact) mass is 449 g/mol. The highest BCUT2D eigenvalue weighted by molar-refractivity contribution is 5.92. The first kappa shape index (κ1) is 22.7. The first-order chi connectivity index (χ1) is 15.8. The molecule has 0 amide bonds. The predicted octanol–water partition coefficient (Wildman–Crippen LogP) is 5.31. The van der Waals surface area contributed by atoms with Crippen LogP contribution in [-0.2, 0) is 16.0 Å². The van der Waals surface area contributed by atoms with E-state index in [2.05, 4.69) is 18.2 Å². The van der Waals surface area contributed by atoms with Crippen LogP contribution in [0.5, 0.6) is 5.75 Å². The molecule has 2 aromatic rings. The summed E-state index contributed by atoms with van der Waals surface area (Å²) < 4.78 is 11.1. The van der Waals surface area contributed by atoms with Gasteiger partial charge in [-0.2, -0.15) is 0 Å². The third-order valence-corrected chi connectivity index (χ3v) is 6.87. The average molecular weight is 450 g/mol. The van der Waals surface area contributed by atoms with Crippen LogP contribution in [0.15, 0.2) is 48.5 Å². The van der Waals surface area contributed by atoms with E-state index in [9.17, 15) is 19.7 Å². The number of nitro benzene ring substituents is 1. The van der Waals surface area contributed by atoms with E-state index in [4.69, 9.17) is 9.47 Å². The number of allylic oxidation sites excluding steroid dienone is 2. The fraction of sp³-hybridized carbons (Fsp3) is 0.385. The van der Waals surface area contributed by atoms with Gasteiger partial charge in [0.1, 0.15) is 17.6 Å². The summed E-state index contributed by atoms with van der Waals surface area (Å²) in [5.41, 5.74) is 2.99. The largest absolute Gasteiger partial charge is 0.497 e. The van der Waals surface area contributed by atoms with Gasteiger partial charge < -0.3 is 9.47 Å². The van der Waals surface area contributed by atoms with Gasteiger partial charge in [-0.3, -0.25) is 14.9 Å². The van der Waals surface area contributed by atoms with Gasteiger partial charge in [0.2, 0.25) is 0 Å². The van der Waals surface area contributed by atoms with Crippen LogP contribution in [0.1, 0.15) is 60.5 Å². The second kappa shape index (κ2) is 9.17. The van der Waals surface area contributed by atoms with Crippen LogP contribution in [0.3, 0.4) is 0 Å². The molecule has 7 nitrogen and oxygen atoms in total. The molecule has 2 aromatic carbocycles. The number of fused-ring (bicyclic) bond motifs is 1. The molecule has 2 aliphatic carbocycles. The molecule has 0 aliphatic heterocycles. The number of esters is 1. The zero-order valence-corrected chi connectivity index (χ0v) is 18.8. The molecule has 1 saturated carbocycles. The van der Waals surface area contributed by atoms with E-state index in [1.165, 1.54) is 41.0 Å². The zero-order chi connectivity index (χ0) is 23.6. The highest BCUT2D eigenvalue weighted by Crippen LogP contribution is 2.42. The third-order valence-electron chi connectivity index (χ3n) is 6.87. The maximum atomic E-state index is 12.8. The van der Waals surface area contributed by atoms with Gasteiger partial charge in [-0.25, -0.2) is 4.79 Å². The van der Waals surface area contributed by atoms with Crippen molar-refractivity contribution in [3.05, 3.63) is 75.3 Å². The van der Waals surface area contributed by atoms with Crippen molar-refractivity contribution in [2.45, 2.75) is 51.6 Å². The van der Waals surface area contributed by atoms with Gasteiger partial charge in [0.15, 0.2) is 0 Å². The van der Waals surface area contributed by atoms with Crippen molar-refractivity contribution >= 4 is 23.0 Å². The van der Waals surface area contributed by atoms with Crippen molar-refractivity contribution < 1.29 is 24.0 Å². The Kier molecular flexibility index (Phi) is 6.31. The van der Waals surface area contributed by atoms with Crippen LogP contribution in [0, 0.1) is 15.5 Å². The second-order valence-electron chi connectivity index (χ2n) is 8.89. The molecule has 1 fully saturated rings. The Morgan fingerprint density at radius 3 is 2.64 bits per heavy atom. The normalized spacial score (nSPS) is 23.3. The highest BCUT2D eigenvalue weighted by Gasteiger charge is 2.47. The Hall–Kier alpha value is -3.48. The van der Waals surface area contributed by atoms with E-state index in [1.54, 1.807) is 7.11 Å². The van der Waals surface area contributed by atoms with E-state index in [-0.39, 0.29) is 17.0 Å². The van der Waals surface area contributed by atoms with Crippen molar-refractivity contribution in [1.82, 2.24) is 0 Å². The van der Waals surface area contributed by atoms with Crippen LogP contribution >= 0.6 is 0 Å². The van der Waals surface area contributed by atoms with Gasteiger partial charge in [-0.1, -0.05) is 12.1 Å². The minimum Gasteiger partial charge on any atom is -0.497 e. The summed E-state index contributed by atoms with van der Waals surface area (Å²) in [6.07, 6.45) is 5.90. The number of rotatable bonds is 6. The van der Waals surface area contributed by atoms with Crippen molar-refractivity contribution in [1.29, 1.82) is 0 Å². The maximum absolute atomic E-state index is 12.8. The molecule has 2 aliphatic rings. The zero-order valence-electron chi connectivity index (χ0n) is 18.8. The van der Waals surface area contributed by atoms with Gasteiger partial charge in [-0.15, -0.1) is 0 Å². The minimum atomic E-state index is -0.798. The first-order valence-corrected chi connectivity index (χ1v) is 11.2. The Morgan fingerprint density at radius 2 is 1.94 bits per heavy atom. The summed E-state index contributed by atoms with van der Waals surface area (Å²) in [4.78, 5) is 35.8. The molecule has 2 atom stereocenters. The van der Waals surface area contributed by atoms with Crippen LogP contribution in [0.4, 0.5) is 5.69 Å². The molecule has 0 bridgehead atoms. The van der Waals surface area contributed by atoms with Gasteiger partial charge >= 0.3 is 5.97 Å². The lowest BCUT2D eigenvalue weighted by Gasteiger charge is -2.29. The lowest BCUT2D eigenvalue weighted by atomic mass is 9.79. The SMILES string of the molecule is COc1ccc2c(c1)CCC/C2=C\C[C@]1(C)C(=O)CC[C@@H]1OC(=O)c1ccc([N+](=O)[O-])cc1. The Morgan fingerprint density at radius 1 is 1.18 bits per heavy atom. The van der Waals surface area contributed by atoms with Crippen LogP contribution < -0.4 is 4.74 Å². The summed E-state index contributed by atoms with van der Waals surface area (Å²) in [6, 6.07) is 11.4. The van der Waals surface area contributed by atoms with Crippen molar-refractivity contribution in [3.63, 3.8) is 0 Å². The summed E-state index contributed by atoms with van der Waals surface area (Å²) in [5.74, 6) is 0.358. The molecule has 4 rings (SSSR count). The lowest BCUT2D eigenvalue weighted by molar-refractivity contribution is -0.384. The van der Waals surface area contributed by atoms with Crippen LogP contribution in [0.2, 0.25) is 0 Å². The van der Waals surface area contributed by atoms with Crippen LogP contribution in [0.25, 0.3) is 5.57 Å². The molecule has 0 radical (unpaired) electrons. The number of ketones is 1.